The highest BCUT2D eigenvalue weighted by Crippen LogP contribution is 2.37. The van der Waals surface area contributed by atoms with E-state index in [9.17, 15) is 4.39 Å². The van der Waals surface area contributed by atoms with Crippen LogP contribution < -0.4 is 5.01 Å². The average molecular weight is 351 g/mol. The molecule has 3 aromatic rings. The minimum absolute atomic E-state index is 0.183. The highest BCUT2D eigenvalue weighted by molar-refractivity contribution is 6.30. The zero-order valence-electron chi connectivity index (χ0n) is 13.4. The second-order valence-corrected chi connectivity index (χ2v) is 6.41. The zero-order valence-corrected chi connectivity index (χ0v) is 14.2. The number of hydrogen-bond donors (Lipinski definition) is 0. The molecule has 1 aliphatic rings. The Morgan fingerprint density at radius 2 is 1.56 bits per heavy atom. The van der Waals surface area contributed by atoms with E-state index in [4.69, 9.17) is 16.7 Å². The summed E-state index contributed by atoms with van der Waals surface area (Å²) in [5, 5.41) is 7.35. The number of benzene rings is 3. The Hall–Kier alpha value is -2.65. The normalized spacial score (nSPS) is 16.8. The van der Waals surface area contributed by atoms with Crippen molar-refractivity contribution in [1.82, 2.24) is 0 Å². The largest absolute Gasteiger partial charge is 0.257 e. The molecule has 0 amide bonds. The van der Waals surface area contributed by atoms with Crippen molar-refractivity contribution in [2.75, 3.05) is 5.01 Å². The third kappa shape index (κ3) is 3.15. The van der Waals surface area contributed by atoms with E-state index in [1.807, 2.05) is 71.7 Å². The van der Waals surface area contributed by atoms with Crippen LogP contribution in [-0.4, -0.2) is 5.71 Å². The van der Waals surface area contributed by atoms with Crippen molar-refractivity contribution in [2.24, 2.45) is 5.10 Å². The van der Waals surface area contributed by atoms with Crippen LogP contribution in [0, 0.1) is 5.82 Å². The molecule has 0 spiro atoms. The molecule has 1 heterocycles. The van der Waals surface area contributed by atoms with Crippen molar-refractivity contribution in [1.29, 1.82) is 0 Å². The van der Waals surface area contributed by atoms with Gasteiger partial charge in [-0.3, -0.25) is 5.01 Å². The van der Waals surface area contributed by atoms with E-state index < -0.39 is 0 Å². The highest BCUT2D eigenvalue weighted by Gasteiger charge is 2.31. The molecule has 124 valence electrons. The first kappa shape index (κ1) is 15.9. The lowest BCUT2D eigenvalue weighted by Crippen LogP contribution is -2.19. The van der Waals surface area contributed by atoms with Crippen LogP contribution in [0.15, 0.2) is 84.0 Å². The summed E-state index contributed by atoms with van der Waals surface area (Å²) in [7, 11) is 0. The van der Waals surface area contributed by atoms with Crippen LogP contribution >= 0.6 is 11.6 Å². The van der Waals surface area contributed by atoms with E-state index in [2.05, 4.69) is 0 Å². The molecule has 0 aliphatic carbocycles. The van der Waals surface area contributed by atoms with Gasteiger partial charge in [-0.2, -0.15) is 5.10 Å². The van der Waals surface area contributed by atoms with E-state index in [1.54, 1.807) is 6.07 Å². The predicted octanol–water partition coefficient (Wildman–Crippen LogP) is 5.83. The first-order valence-electron chi connectivity index (χ1n) is 8.14. The van der Waals surface area contributed by atoms with Gasteiger partial charge in [0.15, 0.2) is 0 Å². The summed E-state index contributed by atoms with van der Waals surface area (Å²) in [6.45, 7) is 0. The fraction of sp³-hybridized carbons (Fsp3) is 0.0952. The summed E-state index contributed by atoms with van der Waals surface area (Å²) >= 11 is 6.01. The Labute approximate surface area is 151 Å². The number of hydrazone groups is 1. The minimum Gasteiger partial charge on any atom is -0.257 e. The van der Waals surface area contributed by atoms with Gasteiger partial charge < -0.3 is 0 Å². The molecule has 2 nitrogen and oxygen atoms in total. The van der Waals surface area contributed by atoms with E-state index >= 15 is 0 Å². The fourth-order valence-corrected chi connectivity index (χ4v) is 3.26. The average Bonchev–Trinajstić information content (AvgIpc) is 3.09. The van der Waals surface area contributed by atoms with Crippen LogP contribution in [0.4, 0.5) is 10.1 Å². The summed E-state index contributed by atoms with van der Waals surface area (Å²) in [5.41, 5.74) is 3.54. The SMILES string of the molecule is Fc1ccccc1C1CC(c2ccccc2)=NN1c1ccc(Cl)cc1. The van der Waals surface area contributed by atoms with Gasteiger partial charge in [-0.15, -0.1) is 0 Å². The third-order valence-corrected chi connectivity index (χ3v) is 4.62. The van der Waals surface area contributed by atoms with Gasteiger partial charge in [-0.1, -0.05) is 60.1 Å². The van der Waals surface area contributed by atoms with Crippen LogP contribution in [0.2, 0.25) is 5.02 Å². The molecule has 0 saturated carbocycles. The lowest BCUT2D eigenvalue weighted by atomic mass is 9.98. The molecule has 0 aromatic heterocycles. The monoisotopic (exact) mass is 350 g/mol. The van der Waals surface area contributed by atoms with Crippen molar-refractivity contribution >= 4 is 23.0 Å². The van der Waals surface area contributed by atoms with Gasteiger partial charge in [0.05, 0.1) is 17.4 Å². The Morgan fingerprint density at radius 3 is 2.28 bits per heavy atom. The van der Waals surface area contributed by atoms with Gasteiger partial charge in [0.25, 0.3) is 0 Å². The number of halogens is 2. The van der Waals surface area contributed by atoms with E-state index in [1.165, 1.54) is 6.07 Å². The Balaban J connectivity index is 1.78. The molecule has 4 rings (SSSR count). The maximum atomic E-state index is 14.4. The van der Waals surface area contributed by atoms with Gasteiger partial charge in [0, 0.05) is 17.0 Å². The van der Waals surface area contributed by atoms with E-state index in [-0.39, 0.29) is 11.9 Å². The topological polar surface area (TPSA) is 15.6 Å². The van der Waals surface area contributed by atoms with Gasteiger partial charge >= 0.3 is 0 Å². The minimum atomic E-state index is -0.212. The smallest absolute Gasteiger partial charge is 0.128 e. The van der Waals surface area contributed by atoms with Crippen molar-refractivity contribution in [3.8, 4) is 0 Å². The van der Waals surface area contributed by atoms with E-state index in [0.717, 1.165) is 17.0 Å². The summed E-state index contributed by atoms with van der Waals surface area (Å²) in [4.78, 5) is 0. The molecule has 3 aromatic carbocycles. The van der Waals surface area contributed by atoms with Gasteiger partial charge in [0.1, 0.15) is 5.82 Å². The molecule has 0 fully saturated rings. The van der Waals surface area contributed by atoms with Crippen LogP contribution in [-0.2, 0) is 0 Å². The summed E-state index contributed by atoms with van der Waals surface area (Å²) in [5.74, 6) is -0.212. The second-order valence-electron chi connectivity index (χ2n) is 5.98. The molecule has 0 N–H and O–H groups in total. The van der Waals surface area contributed by atoms with Crippen molar-refractivity contribution < 1.29 is 4.39 Å². The number of rotatable bonds is 3. The fourth-order valence-electron chi connectivity index (χ4n) is 3.13. The Morgan fingerprint density at radius 1 is 0.880 bits per heavy atom. The Bertz CT molecular complexity index is 907. The standard InChI is InChI=1S/C21H16ClFN2/c22-16-10-12-17(13-11-16)25-21(18-8-4-5-9-19(18)23)14-20(24-25)15-6-2-1-3-7-15/h1-13,21H,14H2. The van der Waals surface area contributed by atoms with Crippen molar-refractivity contribution in [2.45, 2.75) is 12.5 Å². The molecule has 1 aliphatic heterocycles. The summed E-state index contributed by atoms with van der Waals surface area (Å²) < 4.78 is 14.4. The van der Waals surface area contributed by atoms with Gasteiger partial charge in [-0.25, -0.2) is 4.39 Å². The number of nitrogens with zero attached hydrogens (tertiary/aromatic N) is 2. The number of hydrogen-bond acceptors (Lipinski definition) is 2. The molecule has 25 heavy (non-hydrogen) atoms. The molecule has 4 heteroatoms. The lowest BCUT2D eigenvalue weighted by Gasteiger charge is -2.24. The van der Waals surface area contributed by atoms with Gasteiger partial charge in [0.2, 0.25) is 0 Å². The second kappa shape index (κ2) is 6.69. The first-order valence-corrected chi connectivity index (χ1v) is 8.52. The van der Waals surface area contributed by atoms with Crippen LogP contribution in [0.25, 0.3) is 0 Å². The van der Waals surface area contributed by atoms with Crippen LogP contribution in [0.3, 0.4) is 0 Å². The van der Waals surface area contributed by atoms with Crippen LogP contribution in [0.1, 0.15) is 23.6 Å². The molecular weight excluding hydrogens is 335 g/mol. The van der Waals surface area contributed by atoms with Crippen molar-refractivity contribution in [3.05, 3.63) is 101 Å². The highest BCUT2D eigenvalue weighted by atomic mass is 35.5. The summed E-state index contributed by atoms with van der Waals surface area (Å²) in [6.07, 6.45) is 0.646. The first-order chi connectivity index (χ1) is 12.2. The van der Waals surface area contributed by atoms with E-state index in [0.29, 0.717) is 17.0 Å². The third-order valence-electron chi connectivity index (χ3n) is 4.37. The zero-order chi connectivity index (χ0) is 17.2. The van der Waals surface area contributed by atoms with Crippen LogP contribution in [0.5, 0.6) is 0 Å². The predicted molar refractivity (Wildman–Crippen MR) is 101 cm³/mol. The summed E-state index contributed by atoms with van der Waals surface area (Å²) in [6, 6.07) is 24.2. The number of anilines is 1. The molecule has 0 saturated heterocycles. The molecule has 0 radical (unpaired) electrons. The molecule has 1 unspecified atom stereocenters. The van der Waals surface area contributed by atoms with Crippen molar-refractivity contribution in [3.63, 3.8) is 0 Å². The van der Waals surface area contributed by atoms with Gasteiger partial charge in [-0.05, 0) is 35.9 Å². The molecule has 1 atom stereocenters. The molecular formula is C21H16ClFN2. The maximum absolute atomic E-state index is 14.4. The Kier molecular flexibility index (Phi) is 4.24. The molecule has 0 bridgehead atoms. The quantitative estimate of drug-likeness (QED) is 0.579. The lowest BCUT2D eigenvalue weighted by molar-refractivity contribution is 0.579. The maximum Gasteiger partial charge on any atom is 0.128 e.